The Morgan fingerprint density at radius 3 is 2.31 bits per heavy atom. The zero-order chi connectivity index (χ0) is 26.4. The Morgan fingerprint density at radius 1 is 1.06 bits per heavy atom. The molecule has 1 aliphatic rings. The lowest BCUT2D eigenvalue weighted by atomic mass is 9.77. The van der Waals surface area contributed by atoms with Gasteiger partial charge in [-0.2, -0.15) is 13.2 Å². The van der Waals surface area contributed by atoms with Gasteiger partial charge < -0.3 is 19.8 Å². The Morgan fingerprint density at radius 2 is 1.69 bits per heavy atom. The number of hydrogen-bond acceptors (Lipinski definition) is 4. The highest BCUT2D eigenvalue weighted by Gasteiger charge is 2.59. The number of carboxylic acids is 1. The van der Waals surface area contributed by atoms with Crippen molar-refractivity contribution < 1.29 is 37.7 Å². The zero-order valence-electron chi connectivity index (χ0n) is 19.1. The molecule has 0 spiro atoms. The van der Waals surface area contributed by atoms with Gasteiger partial charge in [-0.05, 0) is 58.7 Å². The highest BCUT2D eigenvalue weighted by Crippen LogP contribution is 2.51. The summed E-state index contributed by atoms with van der Waals surface area (Å²) in [6.07, 6.45) is -5.11. The van der Waals surface area contributed by atoms with Crippen molar-refractivity contribution in [3.05, 3.63) is 82.4 Å². The van der Waals surface area contributed by atoms with Crippen molar-refractivity contribution in [1.29, 1.82) is 0 Å². The van der Waals surface area contributed by atoms with Crippen molar-refractivity contribution in [1.82, 2.24) is 0 Å². The molecule has 0 fully saturated rings. The van der Waals surface area contributed by atoms with Gasteiger partial charge in [0, 0.05) is 18.0 Å². The molecule has 2 unspecified atom stereocenters. The van der Waals surface area contributed by atoms with Gasteiger partial charge in [-0.25, -0.2) is 4.79 Å². The summed E-state index contributed by atoms with van der Waals surface area (Å²) in [6.45, 7) is 0.982. The van der Waals surface area contributed by atoms with Crippen molar-refractivity contribution in [3.63, 3.8) is 0 Å². The summed E-state index contributed by atoms with van der Waals surface area (Å²) in [6, 6.07) is 13.8. The molecule has 0 saturated carbocycles. The summed E-state index contributed by atoms with van der Waals surface area (Å²) in [5.41, 5.74) is -2.57. The van der Waals surface area contributed by atoms with E-state index in [0.717, 1.165) is 12.1 Å². The van der Waals surface area contributed by atoms with Gasteiger partial charge in [0.25, 0.3) is 5.91 Å². The topological polar surface area (TPSA) is 87.1 Å². The predicted octanol–water partition coefficient (Wildman–Crippen LogP) is 5.61. The van der Waals surface area contributed by atoms with Crippen LogP contribution in [0.1, 0.15) is 34.3 Å². The van der Waals surface area contributed by atoms with Crippen LogP contribution in [-0.4, -0.2) is 41.9 Å². The Labute approximate surface area is 209 Å². The molecule has 1 aliphatic heterocycles. The van der Waals surface area contributed by atoms with Crippen molar-refractivity contribution in [2.24, 2.45) is 0 Å². The minimum atomic E-state index is -5.11. The molecule has 1 heterocycles. The SMILES string of the molecule is CC(c1cc(-c2ccc(C(=O)O)cc2)ccc1Cl)C(O)(c1ccc2c(c1)N(C)C(=O)CO2)C(F)(F)F. The number of halogens is 4. The number of alkyl halides is 3. The average Bonchev–Trinajstić information content (AvgIpc) is 2.85. The van der Waals surface area contributed by atoms with E-state index in [0.29, 0.717) is 11.1 Å². The average molecular weight is 520 g/mol. The van der Waals surface area contributed by atoms with Crippen molar-refractivity contribution in [3.8, 4) is 16.9 Å². The van der Waals surface area contributed by atoms with Crippen LogP contribution in [-0.2, 0) is 10.4 Å². The van der Waals surface area contributed by atoms with E-state index in [1.807, 2.05) is 0 Å². The molecular weight excluding hydrogens is 499 g/mol. The van der Waals surface area contributed by atoms with E-state index in [2.05, 4.69) is 0 Å². The summed E-state index contributed by atoms with van der Waals surface area (Å²) < 4.78 is 48.9. The van der Waals surface area contributed by atoms with Gasteiger partial charge in [0.15, 0.2) is 12.2 Å². The number of carbonyl (C=O) groups is 2. The van der Waals surface area contributed by atoms with Crippen LogP contribution < -0.4 is 9.64 Å². The Hall–Kier alpha value is -3.56. The Kier molecular flexibility index (Phi) is 6.49. The van der Waals surface area contributed by atoms with Gasteiger partial charge in [0.2, 0.25) is 0 Å². The quantitative estimate of drug-likeness (QED) is 0.457. The third kappa shape index (κ3) is 4.29. The van der Waals surface area contributed by atoms with Crippen LogP contribution in [0.15, 0.2) is 60.7 Å². The number of hydrogen-bond donors (Lipinski definition) is 2. The molecule has 3 aromatic rings. The highest BCUT2D eigenvalue weighted by atomic mass is 35.5. The predicted molar refractivity (Wildman–Crippen MR) is 128 cm³/mol. The maximum atomic E-state index is 14.5. The van der Waals surface area contributed by atoms with E-state index in [9.17, 15) is 27.9 Å². The number of aliphatic hydroxyl groups is 1. The first-order valence-electron chi connectivity index (χ1n) is 10.8. The van der Waals surface area contributed by atoms with Crippen LogP contribution in [0.2, 0.25) is 5.02 Å². The minimum absolute atomic E-state index is 0.0182. The van der Waals surface area contributed by atoms with Gasteiger partial charge >= 0.3 is 12.1 Å². The number of fused-ring (bicyclic) bond motifs is 1. The normalized spacial score (nSPS) is 16.1. The second-order valence-electron chi connectivity index (χ2n) is 8.53. The number of aromatic carboxylic acids is 1. The Balaban J connectivity index is 1.81. The van der Waals surface area contributed by atoms with Gasteiger partial charge in [-0.3, -0.25) is 4.79 Å². The van der Waals surface area contributed by atoms with Gasteiger partial charge in [0.1, 0.15) is 5.75 Å². The van der Waals surface area contributed by atoms with Crippen LogP contribution in [0.25, 0.3) is 11.1 Å². The summed E-state index contributed by atoms with van der Waals surface area (Å²) in [7, 11) is 1.42. The number of likely N-dealkylation sites (N-methyl/N-ethyl adjacent to an activating group) is 1. The molecule has 6 nitrogen and oxygen atoms in total. The summed E-state index contributed by atoms with van der Waals surface area (Å²) >= 11 is 6.32. The molecule has 4 rings (SSSR count). The number of anilines is 1. The van der Waals surface area contributed by atoms with Crippen LogP contribution >= 0.6 is 11.6 Å². The zero-order valence-corrected chi connectivity index (χ0v) is 19.9. The van der Waals surface area contributed by atoms with E-state index in [1.165, 1.54) is 61.3 Å². The number of amides is 1. The van der Waals surface area contributed by atoms with E-state index in [4.69, 9.17) is 21.4 Å². The fourth-order valence-corrected chi connectivity index (χ4v) is 4.54. The molecule has 0 radical (unpaired) electrons. The number of carbonyl (C=O) groups excluding carboxylic acids is 1. The highest BCUT2D eigenvalue weighted by molar-refractivity contribution is 6.31. The molecule has 2 N–H and O–H groups in total. The maximum absolute atomic E-state index is 14.5. The smallest absolute Gasteiger partial charge is 0.422 e. The van der Waals surface area contributed by atoms with Crippen LogP contribution in [0.5, 0.6) is 5.75 Å². The third-order valence-corrected chi connectivity index (χ3v) is 6.82. The number of rotatable bonds is 5. The molecular formula is C26H21ClF3NO5. The van der Waals surface area contributed by atoms with E-state index in [1.54, 1.807) is 6.07 Å². The first-order valence-corrected chi connectivity index (χ1v) is 11.2. The second-order valence-corrected chi connectivity index (χ2v) is 8.94. The maximum Gasteiger partial charge on any atom is 0.422 e. The molecule has 0 bridgehead atoms. The van der Waals surface area contributed by atoms with Crippen molar-refractivity contribution in [2.45, 2.75) is 24.6 Å². The fourth-order valence-electron chi connectivity index (χ4n) is 4.25. The molecule has 3 aromatic carbocycles. The number of carboxylic acid groups (broad SMARTS) is 1. The number of benzene rings is 3. The number of nitrogens with zero attached hydrogens (tertiary/aromatic N) is 1. The summed E-state index contributed by atoms with van der Waals surface area (Å²) in [4.78, 5) is 24.3. The van der Waals surface area contributed by atoms with Gasteiger partial charge in [-0.1, -0.05) is 42.8 Å². The van der Waals surface area contributed by atoms with E-state index < -0.39 is 35.1 Å². The van der Waals surface area contributed by atoms with Crippen LogP contribution in [0, 0.1) is 0 Å². The van der Waals surface area contributed by atoms with Crippen molar-refractivity contribution in [2.75, 3.05) is 18.6 Å². The molecule has 36 heavy (non-hydrogen) atoms. The summed E-state index contributed by atoms with van der Waals surface area (Å²) in [5, 5.41) is 20.4. The molecule has 0 aliphatic carbocycles. The molecule has 0 saturated heterocycles. The third-order valence-electron chi connectivity index (χ3n) is 6.47. The van der Waals surface area contributed by atoms with E-state index >= 15 is 0 Å². The lowest BCUT2D eigenvalue weighted by Gasteiger charge is -2.38. The molecule has 1 amide bonds. The molecule has 10 heteroatoms. The minimum Gasteiger partial charge on any atom is -0.482 e. The molecule has 0 aromatic heterocycles. The first kappa shape index (κ1) is 25.5. The van der Waals surface area contributed by atoms with Gasteiger partial charge in [0.05, 0.1) is 11.3 Å². The van der Waals surface area contributed by atoms with E-state index in [-0.39, 0.29) is 34.2 Å². The first-order chi connectivity index (χ1) is 16.8. The fraction of sp³-hybridized carbons (Fsp3) is 0.231. The Bertz CT molecular complexity index is 1340. The standard InChI is InChI=1S/C26H21ClF3NO5/c1-14(19-11-17(7-9-20(19)27)15-3-5-16(6-4-15)24(33)34)25(35,26(28,29)30)18-8-10-22-21(12-18)31(2)23(32)13-36-22/h3-12,14,35H,13H2,1-2H3,(H,33,34). The monoisotopic (exact) mass is 519 g/mol. The lowest BCUT2D eigenvalue weighted by molar-refractivity contribution is -0.274. The van der Waals surface area contributed by atoms with Crippen LogP contribution in [0.4, 0.5) is 18.9 Å². The van der Waals surface area contributed by atoms with Crippen molar-refractivity contribution >= 4 is 29.2 Å². The molecule has 188 valence electrons. The summed E-state index contributed by atoms with van der Waals surface area (Å²) in [5.74, 6) is -2.88. The largest absolute Gasteiger partial charge is 0.482 e. The molecule has 2 atom stereocenters. The number of ether oxygens (including phenoxy) is 1. The van der Waals surface area contributed by atoms with Gasteiger partial charge in [-0.15, -0.1) is 0 Å². The lowest BCUT2D eigenvalue weighted by Crippen LogP contribution is -2.47. The van der Waals surface area contributed by atoms with Crippen LogP contribution in [0.3, 0.4) is 0 Å². The second kappa shape index (κ2) is 9.15.